The van der Waals surface area contributed by atoms with Crippen molar-refractivity contribution in [3.05, 3.63) is 34.9 Å². The van der Waals surface area contributed by atoms with Crippen LogP contribution in [0.1, 0.15) is 24.8 Å². The maximum atomic E-state index is 12.9. The number of sulfonamides is 1. The number of likely N-dealkylation sites (tertiary alicyclic amines) is 1. The molecule has 1 N–H and O–H groups in total. The van der Waals surface area contributed by atoms with Crippen LogP contribution in [0.25, 0.3) is 0 Å². The lowest BCUT2D eigenvalue weighted by molar-refractivity contribution is -0.132. The predicted octanol–water partition coefficient (Wildman–Crippen LogP) is 1.52. The number of hydrogen-bond acceptors (Lipinski definition) is 3. The Balaban J connectivity index is 1.73. The molecular formula is C15H19ClN2O3S. The summed E-state index contributed by atoms with van der Waals surface area (Å²) in [6.45, 7) is 1.03. The highest BCUT2D eigenvalue weighted by atomic mass is 35.5. The van der Waals surface area contributed by atoms with Crippen LogP contribution in [0.15, 0.2) is 24.3 Å². The molecule has 1 heterocycles. The summed E-state index contributed by atoms with van der Waals surface area (Å²) in [5.41, 5.74) is 0.509. The number of carbonyl (C=O) groups excluding carboxylic acids is 1. The summed E-state index contributed by atoms with van der Waals surface area (Å²) in [5, 5.41) is 0.634. The summed E-state index contributed by atoms with van der Waals surface area (Å²) in [6.07, 6.45) is 3.45. The van der Waals surface area contributed by atoms with E-state index in [2.05, 4.69) is 4.72 Å². The zero-order chi connectivity index (χ0) is 16.0. The average molecular weight is 343 g/mol. The molecule has 1 saturated heterocycles. The molecule has 0 aromatic heterocycles. The summed E-state index contributed by atoms with van der Waals surface area (Å²) in [6, 6.07) is 7.28. The molecule has 1 aliphatic carbocycles. The number of rotatable bonds is 4. The van der Waals surface area contributed by atoms with E-state index in [-0.39, 0.29) is 11.9 Å². The highest BCUT2D eigenvalue weighted by Gasteiger charge is 2.53. The fourth-order valence-electron chi connectivity index (χ4n) is 3.18. The summed E-state index contributed by atoms with van der Waals surface area (Å²) < 4.78 is 25.2. The lowest BCUT2D eigenvalue weighted by Gasteiger charge is -2.23. The quantitative estimate of drug-likeness (QED) is 0.902. The molecule has 0 unspecified atom stereocenters. The summed E-state index contributed by atoms with van der Waals surface area (Å²) in [7, 11) is -3.24. The summed E-state index contributed by atoms with van der Waals surface area (Å²) in [5.74, 6) is 0.0903. The van der Waals surface area contributed by atoms with E-state index in [1.807, 2.05) is 18.2 Å². The standard InChI is InChI=1S/C15H19ClN2O3S/c1-22(20,21)17-13-5-8-18(10-13)14(19)15(6-7-15)11-3-2-4-12(16)9-11/h2-4,9,13,17H,5-8,10H2,1H3/t13-/m0/s1. The van der Waals surface area contributed by atoms with E-state index in [1.165, 1.54) is 0 Å². The third kappa shape index (κ3) is 3.14. The van der Waals surface area contributed by atoms with E-state index >= 15 is 0 Å². The van der Waals surface area contributed by atoms with Gasteiger partial charge in [-0.15, -0.1) is 0 Å². The minimum Gasteiger partial charge on any atom is -0.340 e. The van der Waals surface area contributed by atoms with Gasteiger partial charge in [0.1, 0.15) is 0 Å². The molecule has 3 rings (SSSR count). The van der Waals surface area contributed by atoms with Gasteiger partial charge in [0.2, 0.25) is 15.9 Å². The van der Waals surface area contributed by atoms with Crippen molar-refractivity contribution in [2.24, 2.45) is 0 Å². The first-order valence-electron chi connectivity index (χ1n) is 7.33. The van der Waals surface area contributed by atoms with Gasteiger partial charge in [0.25, 0.3) is 0 Å². The molecule has 120 valence electrons. The fraction of sp³-hybridized carbons (Fsp3) is 0.533. The van der Waals surface area contributed by atoms with Crippen molar-refractivity contribution in [3.8, 4) is 0 Å². The van der Waals surface area contributed by atoms with E-state index in [9.17, 15) is 13.2 Å². The highest BCUT2D eigenvalue weighted by Crippen LogP contribution is 2.50. The summed E-state index contributed by atoms with van der Waals surface area (Å²) >= 11 is 6.04. The number of amides is 1. The first-order valence-corrected chi connectivity index (χ1v) is 9.60. The van der Waals surface area contributed by atoms with Crippen molar-refractivity contribution in [1.82, 2.24) is 9.62 Å². The topological polar surface area (TPSA) is 66.5 Å². The van der Waals surface area contributed by atoms with Gasteiger partial charge in [-0.1, -0.05) is 23.7 Å². The van der Waals surface area contributed by atoms with Gasteiger partial charge in [-0.3, -0.25) is 4.79 Å². The van der Waals surface area contributed by atoms with Crippen molar-refractivity contribution < 1.29 is 13.2 Å². The third-order valence-electron chi connectivity index (χ3n) is 4.39. The SMILES string of the molecule is CS(=O)(=O)N[C@H]1CCN(C(=O)C2(c3cccc(Cl)c3)CC2)C1. The van der Waals surface area contributed by atoms with Gasteiger partial charge in [0.05, 0.1) is 11.7 Å². The zero-order valence-electron chi connectivity index (χ0n) is 12.4. The molecule has 0 radical (unpaired) electrons. The number of hydrogen-bond donors (Lipinski definition) is 1. The van der Waals surface area contributed by atoms with Gasteiger partial charge < -0.3 is 4.90 Å². The van der Waals surface area contributed by atoms with E-state index < -0.39 is 15.4 Å². The molecular weight excluding hydrogens is 324 g/mol. The van der Waals surface area contributed by atoms with Crippen molar-refractivity contribution in [3.63, 3.8) is 0 Å². The summed E-state index contributed by atoms with van der Waals surface area (Å²) in [4.78, 5) is 14.6. The molecule has 2 aliphatic rings. The van der Waals surface area contributed by atoms with Gasteiger partial charge in [0.15, 0.2) is 0 Å². The Kier molecular flexibility index (Phi) is 3.95. The highest BCUT2D eigenvalue weighted by molar-refractivity contribution is 7.88. The number of nitrogens with one attached hydrogen (secondary N) is 1. The predicted molar refractivity (Wildman–Crippen MR) is 85.3 cm³/mol. The molecule has 1 atom stereocenters. The first kappa shape index (κ1) is 15.8. The van der Waals surface area contributed by atoms with E-state index in [0.717, 1.165) is 24.7 Å². The first-order chi connectivity index (χ1) is 10.3. The van der Waals surface area contributed by atoms with Crippen LogP contribution < -0.4 is 4.72 Å². The van der Waals surface area contributed by atoms with Gasteiger partial charge in [-0.2, -0.15) is 0 Å². The van der Waals surface area contributed by atoms with Crippen molar-refractivity contribution >= 4 is 27.5 Å². The van der Waals surface area contributed by atoms with Crippen molar-refractivity contribution in [2.75, 3.05) is 19.3 Å². The second-order valence-corrected chi connectivity index (χ2v) is 8.44. The van der Waals surface area contributed by atoms with E-state index in [0.29, 0.717) is 24.5 Å². The number of benzene rings is 1. The van der Waals surface area contributed by atoms with Crippen LogP contribution in [0, 0.1) is 0 Å². The van der Waals surface area contributed by atoms with Crippen LogP contribution in [0.3, 0.4) is 0 Å². The van der Waals surface area contributed by atoms with Crippen molar-refractivity contribution in [2.45, 2.75) is 30.7 Å². The Bertz CT molecular complexity index is 700. The second-order valence-electron chi connectivity index (χ2n) is 6.22. The Hall–Kier alpha value is -1.11. The van der Waals surface area contributed by atoms with Gasteiger partial charge >= 0.3 is 0 Å². The van der Waals surface area contributed by atoms with Crippen LogP contribution in [-0.4, -0.2) is 44.6 Å². The number of carbonyl (C=O) groups is 1. The molecule has 2 fully saturated rings. The van der Waals surface area contributed by atoms with E-state index in [1.54, 1.807) is 11.0 Å². The molecule has 1 aromatic rings. The maximum Gasteiger partial charge on any atom is 0.233 e. The smallest absolute Gasteiger partial charge is 0.233 e. The Morgan fingerprint density at radius 1 is 1.41 bits per heavy atom. The Morgan fingerprint density at radius 3 is 2.73 bits per heavy atom. The Morgan fingerprint density at radius 2 is 2.14 bits per heavy atom. The van der Waals surface area contributed by atoms with Crippen molar-refractivity contribution in [1.29, 1.82) is 0 Å². The fourth-order valence-corrected chi connectivity index (χ4v) is 4.17. The molecule has 0 spiro atoms. The lowest BCUT2D eigenvalue weighted by Crippen LogP contribution is -2.41. The average Bonchev–Trinajstić information content (AvgIpc) is 3.12. The molecule has 22 heavy (non-hydrogen) atoms. The van der Waals surface area contributed by atoms with E-state index in [4.69, 9.17) is 11.6 Å². The van der Waals surface area contributed by atoms with Crippen LogP contribution in [-0.2, 0) is 20.2 Å². The van der Waals surface area contributed by atoms with Crippen LogP contribution >= 0.6 is 11.6 Å². The minimum atomic E-state index is -3.24. The van der Waals surface area contributed by atoms with Gasteiger partial charge in [-0.25, -0.2) is 13.1 Å². The molecule has 7 heteroatoms. The van der Waals surface area contributed by atoms with Crippen LogP contribution in [0.4, 0.5) is 0 Å². The molecule has 1 saturated carbocycles. The number of halogens is 1. The molecule has 1 aromatic carbocycles. The lowest BCUT2D eigenvalue weighted by atomic mass is 9.94. The molecule has 0 bridgehead atoms. The molecule has 1 aliphatic heterocycles. The largest absolute Gasteiger partial charge is 0.340 e. The normalized spacial score (nSPS) is 23.5. The second kappa shape index (κ2) is 5.51. The molecule has 5 nitrogen and oxygen atoms in total. The maximum absolute atomic E-state index is 12.9. The van der Waals surface area contributed by atoms with Gasteiger partial charge in [0, 0.05) is 24.2 Å². The van der Waals surface area contributed by atoms with Crippen LogP contribution in [0.2, 0.25) is 5.02 Å². The third-order valence-corrected chi connectivity index (χ3v) is 5.39. The molecule has 1 amide bonds. The zero-order valence-corrected chi connectivity index (χ0v) is 14.0. The minimum absolute atomic E-state index is 0.0903. The monoisotopic (exact) mass is 342 g/mol. The number of nitrogens with zero attached hydrogens (tertiary/aromatic N) is 1. The Labute approximate surface area is 135 Å². The van der Waals surface area contributed by atoms with Gasteiger partial charge in [-0.05, 0) is 37.0 Å². The van der Waals surface area contributed by atoms with Crippen LogP contribution in [0.5, 0.6) is 0 Å².